The number of ether oxygens (including phenoxy) is 4. The molecule has 0 aromatic rings. The highest BCUT2D eigenvalue weighted by Crippen LogP contribution is 1.93. The number of hydrogen-bond donors (Lipinski definition) is 3. The first kappa shape index (κ1) is 23.1. The molecule has 0 amide bonds. The van der Waals surface area contributed by atoms with Crippen molar-refractivity contribution in [3.63, 3.8) is 0 Å². The summed E-state index contributed by atoms with van der Waals surface area (Å²) < 4.78 is 34.5. The van der Waals surface area contributed by atoms with Gasteiger partial charge in [-0.05, 0) is 19.5 Å². The van der Waals surface area contributed by atoms with Gasteiger partial charge >= 0.3 is 0 Å². The third kappa shape index (κ3) is 17.4. The number of halogens is 1. The number of likely N-dealkylation sites (N-methyl/N-ethyl adjacent to an activating group) is 1. The number of hydrogen-bond acceptors (Lipinski definition) is 7. The predicted molar refractivity (Wildman–Crippen MR) is 91.1 cm³/mol. The minimum Gasteiger partial charge on any atom is -0.495 e. The molecule has 0 aliphatic rings. The van der Waals surface area contributed by atoms with E-state index < -0.39 is 6.17 Å². The molecule has 1 atom stereocenters. The normalized spacial score (nSPS) is 13.2. The van der Waals surface area contributed by atoms with Gasteiger partial charge in [0.25, 0.3) is 0 Å². The van der Waals surface area contributed by atoms with E-state index >= 15 is 0 Å². The van der Waals surface area contributed by atoms with Gasteiger partial charge in [0.1, 0.15) is 6.17 Å². The summed E-state index contributed by atoms with van der Waals surface area (Å²) in [6.45, 7) is 8.97. The first-order chi connectivity index (χ1) is 11.7. The van der Waals surface area contributed by atoms with Gasteiger partial charge in [0.2, 0.25) is 0 Å². The smallest absolute Gasteiger partial charge is 0.179 e. The van der Waals surface area contributed by atoms with Gasteiger partial charge in [0.15, 0.2) is 5.88 Å². The number of allylic oxidation sites excluding steroid dienone is 1. The van der Waals surface area contributed by atoms with Crippen molar-refractivity contribution in [3.8, 4) is 0 Å². The molecule has 0 aliphatic heterocycles. The molecule has 0 aliphatic carbocycles. The summed E-state index contributed by atoms with van der Waals surface area (Å²) in [6.07, 6.45) is 0.280. The monoisotopic (exact) mass is 352 g/mol. The molecular weight excluding hydrogens is 319 g/mol. The standard InChI is InChI=1S/C16H33FN2O5/c1-3-16(20)19-13-15(17)14-24-12-11-23-10-9-22-8-7-21-6-5-18-4-2/h3,15,18-20H,4-14H2,1-2H3/b16-3+. The van der Waals surface area contributed by atoms with E-state index in [4.69, 9.17) is 24.1 Å². The number of nitrogens with one attached hydrogen (secondary N) is 2. The van der Waals surface area contributed by atoms with Crippen LogP contribution in [0.25, 0.3) is 0 Å². The minimum absolute atomic E-state index is 0.0153. The van der Waals surface area contributed by atoms with Gasteiger partial charge in [0.05, 0.1) is 59.4 Å². The maximum absolute atomic E-state index is 13.3. The van der Waals surface area contributed by atoms with Gasteiger partial charge in [-0.2, -0.15) is 0 Å². The maximum Gasteiger partial charge on any atom is 0.179 e. The summed E-state index contributed by atoms with van der Waals surface area (Å²) in [5.74, 6) is -0.0380. The average Bonchev–Trinajstić information content (AvgIpc) is 2.59. The highest BCUT2D eigenvalue weighted by atomic mass is 19.1. The van der Waals surface area contributed by atoms with Crippen molar-refractivity contribution in [2.75, 3.05) is 72.5 Å². The van der Waals surface area contributed by atoms with Crippen molar-refractivity contribution in [3.05, 3.63) is 12.0 Å². The number of aliphatic hydroxyl groups is 1. The van der Waals surface area contributed by atoms with Crippen molar-refractivity contribution >= 4 is 0 Å². The van der Waals surface area contributed by atoms with Crippen LogP contribution < -0.4 is 10.6 Å². The average molecular weight is 352 g/mol. The quantitative estimate of drug-likeness (QED) is 0.251. The largest absolute Gasteiger partial charge is 0.495 e. The number of aliphatic hydroxyl groups excluding tert-OH is 1. The number of alkyl halides is 1. The summed E-state index contributed by atoms with van der Waals surface area (Å²) in [5, 5.41) is 14.8. The van der Waals surface area contributed by atoms with Crippen molar-refractivity contribution < 1.29 is 28.4 Å². The van der Waals surface area contributed by atoms with Crippen molar-refractivity contribution in [2.24, 2.45) is 0 Å². The Morgan fingerprint density at radius 2 is 1.54 bits per heavy atom. The lowest BCUT2D eigenvalue weighted by Gasteiger charge is -2.11. The molecule has 0 rings (SSSR count). The van der Waals surface area contributed by atoms with Crippen LogP contribution in [0.4, 0.5) is 4.39 Å². The molecule has 0 spiro atoms. The summed E-state index contributed by atoms with van der Waals surface area (Å²) in [6, 6.07) is 0. The third-order valence-electron chi connectivity index (χ3n) is 2.87. The van der Waals surface area contributed by atoms with Gasteiger partial charge < -0.3 is 34.7 Å². The molecule has 0 radical (unpaired) electrons. The molecule has 0 fully saturated rings. The van der Waals surface area contributed by atoms with Crippen molar-refractivity contribution in [1.82, 2.24) is 10.6 Å². The molecule has 3 N–H and O–H groups in total. The van der Waals surface area contributed by atoms with Crippen LogP contribution in [0.3, 0.4) is 0 Å². The summed E-state index contributed by atoms with van der Waals surface area (Å²) >= 11 is 0. The van der Waals surface area contributed by atoms with Crippen molar-refractivity contribution in [1.29, 1.82) is 0 Å². The molecular formula is C16H33FN2O5. The van der Waals surface area contributed by atoms with Gasteiger partial charge in [0, 0.05) is 6.54 Å². The fourth-order valence-corrected chi connectivity index (χ4v) is 1.57. The maximum atomic E-state index is 13.3. The Hall–Kier alpha value is -0.930. The fraction of sp³-hybridized carbons (Fsp3) is 0.875. The zero-order chi connectivity index (χ0) is 17.9. The SMILES string of the molecule is C/C=C(/O)NCC(F)COCCOCCOCCOCCNCC. The molecule has 144 valence electrons. The highest BCUT2D eigenvalue weighted by Gasteiger charge is 2.06. The Labute approximate surface area is 144 Å². The Morgan fingerprint density at radius 3 is 2.08 bits per heavy atom. The molecule has 0 aromatic heterocycles. The van der Waals surface area contributed by atoms with E-state index in [2.05, 4.69) is 17.6 Å². The van der Waals surface area contributed by atoms with Crippen LogP contribution in [0.2, 0.25) is 0 Å². The second kappa shape index (κ2) is 18.4. The predicted octanol–water partition coefficient (Wildman–Crippen LogP) is 1.01. The van der Waals surface area contributed by atoms with E-state index in [0.717, 1.165) is 13.1 Å². The van der Waals surface area contributed by atoms with Crippen LogP contribution in [0.1, 0.15) is 13.8 Å². The highest BCUT2D eigenvalue weighted by molar-refractivity contribution is 4.85. The minimum atomic E-state index is -1.18. The lowest BCUT2D eigenvalue weighted by Crippen LogP contribution is -2.27. The molecule has 7 nitrogen and oxygen atoms in total. The van der Waals surface area contributed by atoms with E-state index in [1.165, 1.54) is 6.08 Å². The lowest BCUT2D eigenvalue weighted by molar-refractivity contribution is -0.00761. The first-order valence-electron chi connectivity index (χ1n) is 8.45. The first-order valence-corrected chi connectivity index (χ1v) is 8.45. The van der Waals surface area contributed by atoms with Crippen LogP contribution >= 0.6 is 0 Å². The molecule has 0 aromatic carbocycles. The third-order valence-corrected chi connectivity index (χ3v) is 2.87. The Balaban J connectivity index is 3.14. The fourth-order valence-electron chi connectivity index (χ4n) is 1.57. The molecule has 0 heterocycles. The van der Waals surface area contributed by atoms with Gasteiger partial charge in [-0.15, -0.1) is 0 Å². The summed E-state index contributed by atoms with van der Waals surface area (Å²) in [7, 11) is 0. The second-order valence-electron chi connectivity index (χ2n) is 4.92. The second-order valence-corrected chi connectivity index (χ2v) is 4.92. The van der Waals surface area contributed by atoms with E-state index in [1.807, 2.05) is 0 Å². The zero-order valence-corrected chi connectivity index (χ0v) is 14.9. The van der Waals surface area contributed by atoms with Gasteiger partial charge in [-0.25, -0.2) is 4.39 Å². The van der Waals surface area contributed by atoms with Gasteiger partial charge in [-0.3, -0.25) is 0 Å². The summed E-state index contributed by atoms with van der Waals surface area (Å²) in [4.78, 5) is 0. The topological polar surface area (TPSA) is 81.2 Å². The molecule has 0 saturated heterocycles. The Morgan fingerprint density at radius 1 is 1.00 bits per heavy atom. The van der Waals surface area contributed by atoms with E-state index in [9.17, 15) is 4.39 Å². The van der Waals surface area contributed by atoms with Crippen LogP contribution in [-0.4, -0.2) is 83.8 Å². The molecule has 0 saturated carbocycles. The summed E-state index contributed by atoms with van der Waals surface area (Å²) in [5.41, 5.74) is 0. The van der Waals surface area contributed by atoms with E-state index in [0.29, 0.717) is 46.2 Å². The van der Waals surface area contributed by atoms with Crippen LogP contribution in [0.15, 0.2) is 12.0 Å². The van der Waals surface area contributed by atoms with E-state index in [-0.39, 0.29) is 19.0 Å². The van der Waals surface area contributed by atoms with E-state index in [1.54, 1.807) is 6.92 Å². The van der Waals surface area contributed by atoms with Crippen LogP contribution in [-0.2, 0) is 18.9 Å². The molecule has 24 heavy (non-hydrogen) atoms. The number of rotatable bonds is 18. The molecule has 8 heteroatoms. The molecule has 0 bridgehead atoms. The lowest BCUT2D eigenvalue weighted by atomic mass is 10.4. The van der Waals surface area contributed by atoms with Crippen molar-refractivity contribution in [2.45, 2.75) is 20.0 Å². The van der Waals surface area contributed by atoms with Crippen LogP contribution in [0.5, 0.6) is 0 Å². The van der Waals surface area contributed by atoms with Gasteiger partial charge in [-0.1, -0.05) is 6.92 Å². The Kier molecular flexibility index (Phi) is 17.7. The molecule has 1 unspecified atom stereocenters. The Bertz CT molecular complexity index is 296. The zero-order valence-electron chi connectivity index (χ0n) is 14.9. The van der Waals surface area contributed by atoms with Crippen LogP contribution in [0, 0.1) is 0 Å².